The molecular formula is C10H14N2O5. The Morgan fingerprint density at radius 1 is 1.24 bits per heavy atom. The van der Waals surface area contributed by atoms with Crippen molar-refractivity contribution in [2.45, 2.75) is 18.9 Å². The molecule has 0 spiro atoms. The largest absolute Gasteiger partial charge is 0.477 e. The minimum atomic E-state index is -1.48. The van der Waals surface area contributed by atoms with Crippen LogP contribution in [0.2, 0.25) is 0 Å². The minimum absolute atomic E-state index is 0.268. The molecule has 0 aromatic carbocycles. The van der Waals surface area contributed by atoms with Gasteiger partial charge in [-0.15, -0.1) is 0 Å². The van der Waals surface area contributed by atoms with Gasteiger partial charge in [-0.1, -0.05) is 6.08 Å². The Hall–Kier alpha value is -1.89. The number of hydrogen-bond donors (Lipinski definition) is 4. The fourth-order valence-electron chi connectivity index (χ4n) is 1.78. The van der Waals surface area contributed by atoms with E-state index in [0.717, 1.165) is 0 Å². The number of primary amides is 1. The maximum Gasteiger partial charge on any atom is 0.342 e. The van der Waals surface area contributed by atoms with E-state index < -0.39 is 29.5 Å². The van der Waals surface area contributed by atoms with E-state index in [9.17, 15) is 14.4 Å². The van der Waals surface area contributed by atoms with Crippen LogP contribution in [-0.4, -0.2) is 40.6 Å². The van der Waals surface area contributed by atoms with Crippen LogP contribution in [0.15, 0.2) is 11.6 Å². The highest BCUT2D eigenvalue weighted by molar-refractivity contribution is 6.12. The predicted molar refractivity (Wildman–Crippen MR) is 57.1 cm³/mol. The fraction of sp³-hybridized carbons (Fsp3) is 0.500. The van der Waals surface area contributed by atoms with E-state index in [1.165, 1.54) is 6.08 Å². The van der Waals surface area contributed by atoms with Crippen molar-refractivity contribution in [3.05, 3.63) is 11.6 Å². The molecule has 5 N–H and O–H groups in total. The van der Waals surface area contributed by atoms with E-state index in [2.05, 4.69) is 5.32 Å². The second-order valence-electron chi connectivity index (χ2n) is 3.88. The van der Waals surface area contributed by atoms with Gasteiger partial charge in [0.25, 0.3) is 0 Å². The van der Waals surface area contributed by atoms with Crippen LogP contribution in [0.1, 0.15) is 12.8 Å². The zero-order valence-corrected chi connectivity index (χ0v) is 9.05. The molecule has 0 aromatic heterocycles. The first-order valence-electron chi connectivity index (χ1n) is 5.13. The molecule has 2 unspecified atom stereocenters. The summed E-state index contributed by atoms with van der Waals surface area (Å²) in [5.74, 6) is -3.75. The SMILES string of the molecule is NC(=O)C1CC(C=C(C(=O)O)C(=O)O)CCN1. The number of piperidine rings is 1. The number of nitrogens with two attached hydrogens (primary N) is 1. The van der Waals surface area contributed by atoms with Gasteiger partial charge in [-0.3, -0.25) is 4.79 Å². The number of rotatable bonds is 4. The van der Waals surface area contributed by atoms with Crippen molar-refractivity contribution in [3.8, 4) is 0 Å². The minimum Gasteiger partial charge on any atom is -0.477 e. The molecule has 7 nitrogen and oxygen atoms in total. The zero-order valence-electron chi connectivity index (χ0n) is 9.05. The number of carbonyl (C=O) groups excluding carboxylic acids is 1. The average Bonchev–Trinajstić information content (AvgIpc) is 2.25. The van der Waals surface area contributed by atoms with Crippen molar-refractivity contribution >= 4 is 17.8 Å². The lowest BCUT2D eigenvalue weighted by Gasteiger charge is -2.26. The van der Waals surface area contributed by atoms with Crippen LogP contribution >= 0.6 is 0 Å². The molecule has 1 aliphatic heterocycles. The van der Waals surface area contributed by atoms with Gasteiger partial charge in [0.15, 0.2) is 0 Å². The molecule has 1 heterocycles. The first kappa shape index (κ1) is 13.2. The van der Waals surface area contributed by atoms with Gasteiger partial charge in [-0.05, 0) is 25.3 Å². The molecule has 0 bridgehead atoms. The van der Waals surface area contributed by atoms with Crippen LogP contribution in [0.5, 0.6) is 0 Å². The van der Waals surface area contributed by atoms with Crippen molar-refractivity contribution in [1.82, 2.24) is 5.32 Å². The Labute approximate surface area is 97.3 Å². The lowest BCUT2D eigenvalue weighted by molar-refractivity contribution is -0.140. The molecule has 1 fully saturated rings. The van der Waals surface area contributed by atoms with E-state index in [-0.39, 0.29) is 5.92 Å². The van der Waals surface area contributed by atoms with Gasteiger partial charge in [0.2, 0.25) is 5.91 Å². The van der Waals surface area contributed by atoms with Gasteiger partial charge < -0.3 is 21.3 Å². The van der Waals surface area contributed by atoms with Gasteiger partial charge >= 0.3 is 11.9 Å². The number of carbonyl (C=O) groups is 3. The molecule has 7 heteroatoms. The van der Waals surface area contributed by atoms with Crippen molar-refractivity contribution in [3.63, 3.8) is 0 Å². The lowest BCUT2D eigenvalue weighted by atomic mass is 9.90. The van der Waals surface area contributed by atoms with E-state index in [0.29, 0.717) is 19.4 Å². The molecule has 0 radical (unpaired) electrons. The van der Waals surface area contributed by atoms with Crippen LogP contribution in [0.3, 0.4) is 0 Å². The van der Waals surface area contributed by atoms with Gasteiger partial charge in [-0.25, -0.2) is 9.59 Å². The molecular weight excluding hydrogens is 228 g/mol. The van der Waals surface area contributed by atoms with E-state index in [4.69, 9.17) is 15.9 Å². The molecule has 94 valence electrons. The topological polar surface area (TPSA) is 130 Å². The summed E-state index contributed by atoms with van der Waals surface area (Å²) < 4.78 is 0. The van der Waals surface area contributed by atoms with Gasteiger partial charge in [0.05, 0.1) is 6.04 Å². The Kier molecular flexibility index (Phi) is 4.22. The normalized spacial score (nSPS) is 23.8. The number of carboxylic acids is 2. The summed E-state index contributed by atoms with van der Waals surface area (Å²) in [6.45, 7) is 0.501. The van der Waals surface area contributed by atoms with Gasteiger partial charge in [0.1, 0.15) is 5.57 Å². The standard InChI is InChI=1S/C10H14N2O5/c11-8(13)7-4-5(1-2-12-7)3-6(9(14)15)10(16)17/h3,5,7,12H,1-2,4H2,(H2,11,13)(H,14,15)(H,16,17). The molecule has 1 saturated heterocycles. The summed E-state index contributed by atoms with van der Waals surface area (Å²) in [4.78, 5) is 32.3. The van der Waals surface area contributed by atoms with Crippen LogP contribution < -0.4 is 11.1 Å². The summed E-state index contributed by atoms with van der Waals surface area (Å²) in [6.07, 6.45) is 2.08. The summed E-state index contributed by atoms with van der Waals surface area (Å²) >= 11 is 0. The molecule has 0 aromatic rings. The molecule has 2 atom stereocenters. The van der Waals surface area contributed by atoms with Crippen molar-refractivity contribution in [1.29, 1.82) is 0 Å². The van der Waals surface area contributed by atoms with E-state index >= 15 is 0 Å². The molecule has 17 heavy (non-hydrogen) atoms. The predicted octanol–water partition coefficient (Wildman–Crippen LogP) is -1.06. The molecule has 1 rings (SSSR count). The summed E-state index contributed by atoms with van der Waals surface area (Å²) in [7, 11) is 0. The highest BCUT2D eigenvalue weighted by Crippen LogP contribution is 2.19. The van der Waals surface area contributed by atoms with Crippen molar-refractivity contribution < 1.29 is 24.6 Å². The molecule has 0 saturated carbocycles. The summed E-state index contributed by atoms with van der Waals surface area (Å²) in [5, 5.41) is 20.3. The van der Waals surface area contributed by atoms with Crippen LogP contribution in [-0.2, 0) is 14.4 Å². The monoisotopic (exact) mass is 242 g/mol. The second kappa shape index (κ2) is 5.44. The maximum absolute atomic E-state index is 11.0. The maximum atomic E-state index is 11.0. The zero-order chi connectivity index (χ0) is 13.0. The first-order valence-corrected chi connectivity index (χ1v) is 5.13. The lowest BCUT2D eigenvalue weighted by Crippen LogP contribution is -2.46. The molecule has 1 aliphatic rings. The van der Waals surface area contributed by atoms with Crippen molar-refractivity contribution in [2.24, 2.45) is 11.7 Å². The first-order chi connectivity index (χ1) is 7.91. The third kappa shape index (κ3) is 3.56. The Bertz CT molecular complexity index is 361. The number of allylic oxidation sites excluding steroid dienone is 1. The second-order valence-corrected chi connectivity index (χ2v) is 3.88. The number of nitrogens with one attached hydrogen (secondary N) is 1. The number of aliphatic carboxylic acids is 2. The Morgan fingerprint density at radius 3 is 2.29 bits per heavy atom. The quantitative estimate of drug-likeness (QED) is 0.282. The van der Waals surface area contributed by atoms with Crippen LogP contribution in [0, 0.1) is 5.92 Å². The summed E-state index contributed by atoms with van der Waals surface area (Å²) in [5.41, 5.74) is 4.46. The molecule has 0 aliphatic carbocycles. The van der Waals surface area contributed by atoms with E-state index in [1.54, 1.807) is 0 Å². The Balaban J connectivity index is 2.78. The van der Waals surface area contributed by atoms with Crippen LogP contribution in [0.4, 0.5) is 0 Å². The highest BCUT2D eigenvalue weighted by Gasteiger charge is 2.26. The number of hydrogen-bond acceptors (Lipinski definition) is 4. The smallest absolute Gasteiger partial charge is 0.342 e. The Morgan fingerprint density at radius 2 is 1.82 bits per heavy atom. The average molecular weight is 242 g/mol. The highest BCUT2D eigenvalue weighted by atomic mass is 16.4. The number of carboxylic acid groups (broad SMARTS) is 2. The fourth-order valence-corrected chi connectivity index (χ4v) is 1.78. The van der Waals surface area contributed by atoms with Crippen molar-refractivity contribution in [2.75, 3.05) is 6.54 Å². The third-order valence-corrected chi connectivity index (χ3v) is 2.65. The third-order valence-electron chi connectivity index (χ3n) is 2.65. The molecule has 1 amide bonds. The van der Waals surface area contributed by atoms with Gasteiger partial charge in [0, 0.05) is 0 Å². The number of amides is 1. The van der Waals surface area contributed by atoms with Crippen LogP contribution in [0.25, 0.3) is 0 Å². The van der Waals surface area contributed by atoms with E-state index in [1.807, 2.05) is 0 Å². The summed E-state index contributed by atoms with van der Waals surface area (Å²) in [6, 6.07) is -0.533. The van der Waals surface area contributed by atoms with Gasteiger partial charge in [-0.2, -0.15) is 0 Å².